The summed E-state index contributed by atoms with van der Waals surface area (Å²) in [6.07, 6.45) is -0.554. The molecule has 0 aromatic rings. The number of carbonyl (C=O) groups excluding carboxylic acids is 1. The van der Waals surface area contributed by atoms with E-state index in [4.69, 9.17) is 4.74 Å². The minimum Gasteiger partial charge on any atom is -0.462 e. The van der Waals surface area contributed by atoms with Crippen molar-refractivity contribution in [3.63, 3.8) is 0 Å². The molecule has 0 spiro atoms. The van der Waals surface area contributed by atoms with E-state index in [9.17, 15) is 9.18 Å². The van der Waals surface area contributed by atoms with Gasteiger partial charge in [0, 0.05) is 0 Å². The number of rotatable bonds is 6. The van der Waals surface area contributed by atoms with Gasteiger partial charge in [-0.2, -0.15) is 0 Å². The first-order chi connectivity index (χ1) is 6.11. The lowest BCUT2D eigenvalue weighted by Gasteiger charge is -2.14. The van der Waals surface area contributed by atoms with E-state index in [1.165, 1.54) is 0 Å². The zero-order valence-corrected chi connectivity index (χ0v) is 8.38. The van der Waals surface area contributed by atoms with Crippen molar-refractivity contribution in [3.05, 3.63) is 0 Å². The average molecular weight is 192 g/mol. The monoisotopic (exact) mass is 192 g/mol. The highest BCUT2D eigenvalue weighted by atomic mass is 19.1. The molecule has 0 aliphatic heterocycles. The molecule has 0 amide bonds. The fraction of sp³-hybridized carbons (Fsp3) is 0.889. The van der Waals surface area contributed by atoms with Crippen LogP contribution in [0.2, 0.25) is 0 Å². The number of halogens is 1. The Morgan fingerprint density at radius 2 is 2.08 bits per heavy atom. The van der Waals surface area contributed by atoms with Crippen molar-refractivity contribution in [1.29, 1.82) is 0 Å². The molecule has 2 atom stereocenters. The molecule has 3 nitrogen and oxygen atoms in total. The van der Waals surface area contributed by atoms with E-state index in [-0.39, 0.29) is 12.7 Å². The molecule has 0 bridgehead atoms. The van der Waals surface area contributed by atoms with Crippen LogP contribution in [-0.2, 0) is 14.3 Å². The molecule has 0 aromatic carbocycles. The van der Waals surface area contributed by atoms with Gasteiger partial charge in [0.15, 0.2) is 0 Å². The van der Waals surface area contributed by atoms with Gasteiger partial charge in [0.2, 0.25) is 0 Å². The Hall–Kier alpha value is -0.640. The highest BCUT2D eigenvalue weighted by molar-refractivity contribution is 5.72. The molecule has 0 radical (unpaired) electrons. The van der Waals surface area contributed by atoms with Crippen LogP contribution in [0, 0.1) is 0 Å². The summed E-state index contributed by atoms with van der Waals surface area (Å²) in [4.78, 5) is 10.8. The summed E-state index contributed by atoms with van der Waals surface area (Å²) in [5.74, 6) is -0.939. The minimum absolute atomic E-state index is 0.171. The Morgan fingerprint density at radius 3 is 2.54 bits per heavy atom. The molecule has 0 saturated heterocycles. The fourth-order valence-electron chi connectivity index (χ4n) is 0.942. The number of hydrogen-bond acceptors (Lipinski definition) is 3. The van der Waals surface area contributed by atoms with Crippen LogP contribution in [0.1, 0.15) is 33.6 Å². The van der Waals surface area contributed by atoms with Gasteiger partial charge in [0.1, 0.15) is 0 Å². The first-order valence-corrected chi connectivity index (χ1v) is 4.58. The predicted molar refractivity (Wildman–Crippen MR) is 47.0 cm³/mol. The lowest BCUT2D eigenvalue weighted by Crippen LogP contribution is -2.26. The molecular formula is C9H17FO3. The minimum atomic E-state index is -1.94. The molecule has 0 saturated carbocycles. The predicted octanol–water partition coefficient (Wildman–Crippen LogP) is 2.05. The Balaban J connectivity index is 3.71. The highest BCUT2D eigenvalue weighted by Gasteiger charge is 2.21. The van der Waals surface area contributed by atoms with Crippen LogP contribution in [0.4, 0.5) is 4.39 Å². The van der Waals surface area contributed by atoms with Crippen LogP contribution in [-0.4, -0.2) is 25.0 Å². The third kappa shape index (κ3) is 5.58. The Kier molecular flexibility index (Phi) is 6.49. The van der Waals surface area contributed by atoms with Crippen LogP contribution in [0.15, 0.2) is 0 Å². The molecular weight excluding hydrogens is 175 g/mol. The lowest BCUT2D eigenvalue weighted by atomic mass is 10.2. The van der Waals surface area contributed by atoms with Gasteiger partial charge in [-0.25, -0.2) is 9.18 Å². The quantitative estimate of drug-likeness (QED) is 0.604. The van der Waals surface area contributed by atoms with E-state index < -0.39 is 12.3 Å². The average Bonchev–Trinajstić information content (AvgIpc) is 2.05. The van der Waals surface area contributed by atoms with Crippen LogP contribution < -0.4 is 0 Å². The van der Waals surface area contributed by atoms with Crippen LogP contribution in [0.5, 0.6) is 0 Å². The smallest absolute Gasteiger partial charge is 0.368 e. The van der Waals surface area contributed by atoms with Crippen molar-refractivity contribution < 1.29 is 18.7 Å². The second kappa shape index (κ2) is 6.83. The van der Waals surface area contributed by atoms with Gasteiger partial charge in [-0.1, -0.05) is 13.3 Å². The summed E-state index contributed by atoms with van der Waals surface area (Å²) in [5.41, 5.74) is 0. The van der Waals surface area contributed by atoms with Crippen molar-refractivity contribution in [2.24, 2.45) is 0 Å². The molecule has 0 heterocycles. The molecule has 4 heteroatoms. The first kappa shape index (κ1) is 12.4. The number of alkyl halides is 1. The van der Waals surface area contributed by atoms with Gasteiger partial charge in [-0.3, -0.25) is 0 Å². The van der Waals surface area contributed by atoms with E-state index >= 15 is 0 Å². The van der Waals surface area contributed by atoms with Crippen molar-refractivity contribution >= 4 is 5.97 Å². The maximum atomic E-state index is 12.9. The van der Waals surface area contributed by atoms with E-state index in [0.717, 1.165) is 12.8 Å². The van der Waals surface area contributed by atoms with Crippen molar-refractivity contribution in [1.82, 2.24) is 0 Å². The SMILES string of the molecule is CCCC(C)OC(F)C(=O)OCC. The second-order valence-corrected chi connectivity index (χ2v) is 2.80. The Labute approximate surface area is 78.2 Å². The topological polar surface area (TPSA) is 35.5 Å². The Morgan fingerprint density at radius 1 is 1.46 bits per heavy atom. The number of carbonyl (C=O) groups is 1. The second-order valence-electron chi connectivity index (χ2n) is 2.80. The van der Waals surface area contributed by atoms with Gasteiger partial charge >= 0.3 is 5.97 Å². The number of ether oxygens (including phenoxy) is 2. The summed E-state index contributed by atoms with van der Waals surface area (Å²) in [6, 6.07) is 0. The first-order valence-electron chi connectivity index (χ1n) is 4.58. The zero-order chi connectivity index (χ0) is 10.3. The maximum Gasteiger partial charge on any atom is 0.368 e. The van der Waals surface area contributed by atoms with Gasteiger partial charge in [-0.15, -0.1) is 0 Å². The summed E-state index contributed by atoms with van der Waals surface area (Å²) in [5, 5.41) is 0. The maximum absolute atomic E-state index is 12.9. The number of esters is 1. The van der Waals surface area contributed by atoms with Crippen molar-refractivity contribution in [2.75, 3.05) is 6.61 Å². The van der Waals surface area contributed by atoms with Crippen LogP contribution >= 0.6 is 0 Å². The third-order valence-corrected chi connectivity index (χ3v) is 1.52. The van der Waals surface area contributed by atoms with Crippen LogP contribution in [0.3, 0.4) is 0 Å². The van der Waals surface area contributed by atoms with E-state index in [1.54, 1.807) is 13.8 Å². The summed E-state index contributed by atoms with van der Waals surface area (Å²) in [6.45, 7) is 5.50. The van der Waals surface area contributed by atoms with Gasteiger partial charge in [-0.05, 0) is 20.3 Å². The molecule has 0 aliphatic rings. The Bertz CT molecular complexity index is 150. The molecule has 0 aromatic heterocycles. The van der Waals surface area contributed by atoms with E-state index in [1.807, 2.05) is 6.92 Å². The van der Waals surface area contributed by atoms with Crippen molar-refractivity contribution in [2.45, 2.75) is 46.1 Å². The number of hydrogen-bond donors (Lipinski definition) is 0. The van der Waals surface area contributed by atoms with Crippen molar-refractivity contribution in [3.8, 4) is 0 Å². The molecule has 0 fully saturated rings. The standard InChI is InChI=1S/C9H17FO3/c1-4-6-7(3)13-8(10)9(11)12-5-2/h7-8H,4-6H2,1-3H3. The molecule has 78 valence electrons. The molecule has 13 heavy (non-hydrogen) atoms. The fourth-order valence-corrected chi connectivity index (χ4v) is 0.942. The largest absolute Gasteiger partial charge is 0.462 e. The summed E-state index contributed by atoms with van der Waals surface area (Å²) >= 11 is 0. The van der Waals surface area contributed by atoms with E-state index in [0.29, 0.717) is 0 Å². The summed E-state index contributed by atoms with van der Waals surface area (Å²) < 4.78 is 22.1. The normalized spacial score (nSPS) is 15.1. The van der Waals surface area contributed by atoms with Gasteiger partial charge in [0.25, 0.3) is 6.36 Å². The third-order valence-electron chi connectivity index (χ3n) is 1.52. The summed E-state index contributed by atoms with van der Waals surface area (Å²) in [7, 11) is 0. The lowest BCUT2D eigenvalue weighted by molar-refractivity contribution is -0.175. The molecule has 0 rings (SSSR count). The highest BCUT2D eigenvalue weighted by Crippen LogP contribution is 2.07. The zero-order valence-electron chi connectivity index (χ0n) is 8.38. The molecule has 0 aliphatic carbocycles. The van der Waals surface area contributed by atoms with Gasteiger partial charge < -0.3 is 9.47 Å². The van der Waals surface area contributed by atoms with E-state index in [2.05, 4.69) is 4.74 Å². The molecule has 0 N–H and O–H groups in total. The van der Waals surface area contributed by atoms with Crippen LogP contribution in [0.25, 0.3) is 0 Å². The van der Waals surface area contributed by atoms with Gasteiger partial charge in [0.05, 0.1) is 12.7 Å². The molecule has 2 unspecified atom stereocenters.